The van der Waals surface area contributed by atoms with Crippen LogP contribution in [-0.4, -0.2) is 24.4 Å². The molecule has 21 heavy (non-hydrogen) atoms. The lowest BCUT2D eigenvalue weighted by Crippen LogP contribution is -1.97. The summed E-state index contributed by atoms with van der Waals surface area (Å²) in [6.07, 6.45) is 0.872. The Balaban J connectivity index is 0.000000155. The van der Waals surface area contributed by atoms with Crippen molar-refractivity contribution in [1.82, 2.24) is 0 Å². The van der Waals surface area contributed by atoms with E-state index in [4.69, 9.17) is 5.11 Å². The molecule has 0 radical (unpaired) electrons. The van der Waals surface area contributed by atoms with E-state index in [2.05, 4.69) is 5.32 Å². The zero-order chi connectivity index (χ0) is 15.2. The van der Waals surface area contributed by atoms with E-state index in [-0.39, 0.29) is 0 Å². The van der Waals surface area contributed by atoms with Crippen molar-refractivity contribution in [3.05, 3.63) is 52.2 Å². The molecule has 0 bridgehead atoms. The Morgan fingerprint density at radius 2 is 1.95 bits per heavy atom. The summed E-state index contributed by atoms with van der Waals surface area (Å²) in [6, 6.07) is 9.32. The van der Waals surface area contributed by atoms with Crippen molar-refractivity contribution in [2.45, 2.75) is 0 Å². The molecular formula is C15H13NO3S2. The van der Waals surface area contributed by atoms with Crippen LogP contribution in [-0.2, 0) is 0 Å². The standard InChI is InChI=1S/C9H6OS.C6H7NO2S/c10-6-7-1-2-9-8(5-7)3-4-11-9;1-7-5-4(6(8)9)2-3-10-5/h1-6H;2-3,7H,1H3,(H,8,9). The molecule has 6 heteroatoms. The molecule has 3 aromatic rings. The van der Waals surface area contributed by atoms with Crippen LogP contribution in [0.25, 0.3) is 10.1 Å². The number of fused-ring (bicyclic) bond motifs is 1. The molecule has 2 heterocycles. The third-order valence-corrected chi connectivity index (χ3v) is 4.57. The van der Waals surface area contributed by atoms with Gasteiger partial charge in [-0.05, 0) is 40.4 Å². The number of anilines is 1. The van der Waals surface area contributed by atoms with Crippen molar-refractivity contribution >= 4 is 50.0 Å². The first-order chi connectivity index (χ1) is 10.2. The number of rotatable bonds is 3. The SMILES string of the molecule is CNc1sccc1C(=O)O.O=Cc1ccc2sccc2c1. The number of aromatic carboxylic acids is 1. The number of nitrogens with one attached hydrogen (secondary N) is 1. The van der Waals surface area contributed by atoms with Gasteiger partial charge in [0.2, 0.25) is 0 Å². The molecule has 4 nitrogen and oxygen atoms in total. The summed E-state index contributed by atoms with van der Waals surface area (Å²) in [7, 11) is 1.71. The highest BCUT2D eigenvalue weighted by molar-refractivity contribution is 7.17. The normalized spacial score (nSPS) is 9.76. The van der Waals surface area contributed by atoms with E-state index < -0.39 is 5.97 Å². The van der Waals surface area contributed by atoms with Gasteiger partial charge in [-0.2, -0.15) is 0 Å². The minimum atomic E-state index is -0.884. The Labute approximate surface area is 129 Å². The topological polar surface area (TPSA) is 66.4 Å². The number of thiophene rings is 2. The van der Waals surface area contributed by atoms with Gasteiger partial charge in [-0.1, -0.05) is 6.07 Å². The summed E-state index contributed by atoms with van der Waals surface area (Å²) in [4.78, 5) is 20.8. The predicted octanol–water partition coefficient (Wildman–Crippen LogP) is 4.20. The number of hydrogen-bond acceptors (Lipinski definition) is 5. The van der Waals surface area contributed by atoms with Gasteiger partial charge in [0.1, 0.15) is 11.3 Å². The van der Waals surface area contributed by atoms with E-state index in [0.29, 0.717) is 10.6 Å². The predicted molar refractivity (Wildman–Crippen MR) is 88.0 cm³/mol. The van der Waals surface area contributed by atoms with Gasteiger partial charge in [0.05, 0.1) is 5.56 Å². The maximum Gasteiger partial charge on any atom is 0.338 e. The molecule has 0 amide bonds. The van der Waals surface area contributed by atoms with Gasteiger partial charge in [0.25, 0.3) is 0 Å². The van der Waals surface area contributed by atoms with Crippen LogP contribution in [0.3, 0.4) is 0 Å². The van der Waals surface area contributed by atoms with Crippen LogP contribution in [0, 0.1) is 0 Å². The first-order valence-electron chi connectivity index (χ1n) is 6.06. The highest BCUT2D eigenvalue weighted by Crippen LogP contribution is 2.22. The number of aldehydes is 1. The lowest BCUT2D eigenvalue weighted by Gasteiger charge is -1.94. The van der Waals surface area contributed by atoms with Crippen LogP contribution >= 0.6 is 22.7 Å². The second-order valence-corrected chi connectivity index (χ2v) is 5.92. The van der Waals surface area contributed by atoms with Gasteiger partial charge < -0.3 is 10.4 Å². The maximum absolute atomic E-state index is 10.4. The van der Waals surface area contributed by atoms with Gasteiger partial charge in [-0.15, -0.1) is 22.7 Å². The second kappa shape index (κ2) is 7.01. The van der Waals surface area contributed by atoms with Crippen molar-refractivity contribution < 1.29 is 14.7 Å². The Hall–Kier alpha value is -2.18. The number of carboxylic acids is 1. The van der Waals surface area contributed by atoms with Crippen LogP contribution < -0.4 is 5.32 Å². The quantitative estimate of drug-likeness (QED) is 0.710. The average Bonchev–Trinajstić information content (AvgIpc) is 3.15. The van der Waals surface area contributed by atoms with E-state index in [1.54, 1.807) is 29.8 Å². The van der Waals surface area contributed by atoms with E-state index >= 15 is 0 Å². The summed E-state index contributed by atoms with van der Waals surface area (Å²) >= 11 is 3.08. The van der Waals surface area contributed by atoms with Crippen LogP contribution in [0.5, 0.6) is 0 Å². The number of carboxylic acid groups (broad SMARTS) is 1. The third kappa shape index (κ3) is 3.68. The van der Waals surface area contributed by atoms with E-state index in [9.17, 15) is 9.59 Å². The summed E-state index contributed by atoms with van der Waals surface area (Å²) in [5, 5.41) is 17.0. The molecule has 1 aromatic carbocycles. The molecule has 0 aliphatic rings. The maximum atomic E-state index is 10.4. The molecular weight excluding hydrogens is 306 g/mol. The Kier molecular flexibility index (Phi) is 5.08. The van der Waals surface area contributed by atoms with Gasteiger partial charge in [-0.25, -0.2) is 4.79 Å². The molecule has 2 aromatic heterocycles. The number of carbonyl (C=O) groups is 2. The number of benzene rings is 1. The molecule has 108 valence electrons. The molecule has 0 saturated heterocycles. The van der Waals surface area contributed by atoms with Crippen molar-refractivity contribution in [3.8, 4) is 0 Å². The fraction of sp³-hybridized carbons (Fsp3) is 0.0667. The highest BCUT2D eigenvalue weighted by Gasteiger charge is 2.08. The summed E-state index contributed by atoms with van der Waals surface area (Å²) in [5.41, 5.74) is 1.09. The number of carbonyl (C=O) groups excluding carboxylic acids is 1. The fourth-order valence-electron chi connectivity index (χ4n) is 1.73. The molecule has 0 saturated carbocycles. The molecule has 2 N–H and O–H groups in total. The van der Waals surface area contributed by atoms with E-state index in [1.165, 1.54) is 16.0 Å². The molecule has 0 atom stereocenters. The van der Waals surface area contributed by atoms with Gasteiger partial charge in [0, 0.05) is 17.3 Å². The lowest BCUT2D eigenvalue weighted by molar-refractivity contribution is 0.0698. The molecule has 0 aliphatic heterocycles. The highest BCUT2D eigenvalue weighted by atomic mass is 32.1. The van der Waals surface area contributed by atoms with E-state index in [0.717, 1.165) is 17.2 Å². The van der Waals surface area contributed by atoms with Crippen LogP contribution in [0.4, 0.5) is 5.00 Å². The Morgan fingerprint density at radius 3 is 2.57 bits per heavy atom. The molecule has 0 fully saturated rings. The molecule has 0 aliphatic carbocycles. The largest absolute Gasteiger partial charge is 0.478 e. The number of hydrogen-bond donors (Lipinski definition) is 2. The zero-order valence-electron chi connectivity index (χ0n) is 11.2. The summed E-state index contributed by atoms with van der Waals surface area (Å²) in [6.45, 7) is 0. The van der Waals surface area contributed by atoms with Gasteiger partial charge >= 0.3 is 5.97 Å². The fourth-order valence-corrected chi connectivity index (χ4v) is 3.24. The first-order valence-corrected chi connectivity index (χ1v) is 7.82. The van der Waals surface area contributed by atoms with Crippen molar-refractivity contribution in [2.24, 2.45) is 0 Å². The van der Waals surface area contributed by atoms with Crippen molar-refractivity contribution in [1.29, 1.82) is 0 Å². The zero-order valence-corrected chi connectivity index (χ0v) is 12.8. The van der Waals surface area contributed by atoms with Crippen molar-refractivity contribution in [3.63, 3.8) is 0 Å². The Bertz CT molecular complexity index is 761. The monoisotopic (exact) mass is 319 g/mol. The second-order valence-electron chi connectivity index (χ2n) is 4.05. The molecule has 0 unspecified atom stereocenters. The first kappa shape index (κ1) is 15.2. The minimum absolute atomic E-state index is 0.340. The van der Waals surface area contributed by atoms with Crippen molar-refractivity contribution in [2.75, 3.05) is 12.4 Å². The molecule has 0 spiro atoms. The van der Waals surface area contributed by atoms with Gasteiger partial charge in [-0.3, -0.25) is 4.79 Å². The lowest BCUT2D eigenvalue weighted by atomic mass is 10.2. The van der Waals surface area contributed by atoms with Crippen LogP contribution in [0.15, 0.2) is 41.1 Å². The van der Waals surface area contributed by atoms with Crippen LogP contribution in [0.2, 0.25) is 0 Å². The summed E-state index contributed by atoms with van der Waals surface area (Å²) in [5.74, 6) is -0.884. The smallest absolute Gasteiger partial charge is 0.338 e. The summed E-state index contributed by atoms with van der Waals surface area (Å²) < 4.78 is 1.23. The average molecular weight is 319 g/mol. The van der Waals surface area contributed by atoms with Crippen LogP contribution in [0.1, 0.15) is 20.7 Å². The third-order valence-electron chi connectivity index (χ3n) is 2.74. The molecule has 3 rings (SSSR count). The van der Waals surface area contributed by atoms with E-state index in [1.807, 2.05) is 29.6 Å². The Morgan fingerprint density at radius 1 is 1.19 bits per heavy atom. The van der Waals surface area contributed by atoms with Gasteiger partial charge in [0.15, 0.2) is 0 Å². The minimum Gasteiger partial charge on any atom is -0.478 e.